The molecule has 0 aromatic carbocycles. The Bertz CT molecular complexity index is 372. The van der Waals surface area contributed by atoms with Crippen molar-refractivity contribution in [3.05, 3.63) is 11.4 Å². The van der Waals surface area contributed by atoms with Gasteiger partial charge in [-0.25, -0.2) is 4.68 Å². The summed E-state index contributed by atoms with van der Waals surface area (Å²) in [6, 6.07) is 0. The Morgan fingerprint density at radius 3 is 2.71 bits per heavy atom. The van der Waals surface area contributed by atoms with Crippen LogP contribution in [-0.4, -0.2) is 46.4 Å². The largest absolute Gasteiger partial charge is 0.369 e. The number of nitrogens with zero attached hydrogens (tertiary/aromatic N) is 4. The Hall–Kier alpha value is -1.43. The van der Waals surface area contributed by atoms with E-state index in [0.29, 0.717) is 5.69 Å². The first kappa shape index (κ1) is 13.6. The van der Waals surface area contributed by atoms with Gasteiger partial charge in [-0.1, -0.05) is 12.1 Å². The molecule has 0 fully saturated rings. The van der Waals surface area contributed by atoms with Crippen molar-refractivity contribution in [2.75, 3.05) is 20.6 Å². The average molecular weight is 239 g/mol. The number of amides is 1. The number of nitrogens with two attached hydrogens (primary N) is 1. The third-order valence-electron chi connectivity index (χ3n) is 2.57. The van der Waals surface area contributed by atoms with Gasteiger partial charge in [0.2, 0.25) is 5.91 Å². The highest BCUT2D eigenvalue weighted by Gasteiger charge is 2.12. The maximum Gasteiger partial charge on any atom is 0.223 e. The van der Waals surface area contributed by atoms with Gasteiger partial charge >= 0.3 is 0 Å². The van der Waals surface area contributed by atoms with Crippen molar-refractivity contribution in [3.63, 3.8) is 0 Å². The molecule has 0 aliphatic carbocycles. The first-order valence-electron chi connectivity index (χ1n) is 5.88. The molecule has 0 saturated carbocycles. The van der Waals surface area contributed by atoms with E-state index in [1.807, 2.05) is 25.7 Å². The molecule has 96 valence electrons. The number of hydrogen-bond acceptors (Lipinski definition) is 4. The maximum atomic E-state index is 10.9. The molecular formula is C11H21N5O. The molecule has 17 heavy (non-hydrogen) atoms. The lowest BCUT2D eigenvalue weighted by Gasteiger charge is -2.10. The second kappa shape index (κ2) is 6.34. The zero-order chi connectivity index (χ0) is 12.8. The number of aryl methyl sites for hydroxylation is 1. The fraction of sp³-hybridized carbons (Fsp3) is 0.727. The molecule has 6 nitrogen and oxygen atoms in total. The standard InChI is InChI=1S/C11H21N5O/c1-4-10-9(8-11(12)17)13-14-16(10)7-5-6-15(2)3/h4-8H2,1-3H3,(H2,12,17). The third-order valence-corrected chi connectivity index (χ3v) is 2.57. The summed E-state index contributed by atoms with van der Waals surface area (Å²) in [5.74, 6) is -0.361. The fourth-order valence-electron chi connectivity index (χ4n) is 1.77. The molecule has 1 aromatic heterocycles. The van der Waals surface area contributed by atoms with Crippen LogP contribution in [0.15, 0.2) is 0 Å². The van der Waals surface area contributed by atoms with Gasteiger partial charge in [0.25, 0.3) is 0 Å². The molecule has 0 bridgehead atoms. The van der Waals surface area contributed by atoms with Gasteiger partial charge < -0.3 is 10.6 Å². The second-order valence-electron chi connectivity index (χ2n) is 4.36. The summed E-state index contributed by atoms with van der Waals surface area (Å²) in [6.45, 7) is 3.87. The van der Waals surface area contributed by atoms with E-state index in [-0.39, 0.29) is 12.3 Å². The molecule has 6 heteroatoms. The number of primary amides is 1. The Morgan fingerprint density at radius 1 is 1.47 bits per heavy atom. The smallest absolute Gasteiger partial charge is 0.223 e. The summed E-state index contributed by atoms with van der Waals surface area (Å²) in [6.07, 6.45) is 2.01. The van der Waals surface area contributed by atoms with Crippen molar-refractivity contribution in [2.45, 2.75) is 32.7 Å². The molecule has 0 spiro atoms. The Labute approximate surface area is 102 Å². The van der Waals surface area contributed by atoms with E-state index in [2.05, 4.69) is 15.2 Å². The number of aromatic nitrogens is 3. The monoisotopic (exact) mass is 239 g/mol. The zero-order valence-electron chi connectivity index (χ0n) is 10.8. The predicted octanol–water partition coefficient (Wildman–Crippen LogP) is -0.180. The number of carbonyl (C=O) groups excluding carboxylic acids is 1. The summed E-state index contributed by atoms with van der Waals surface area (Å²) in [5.41, 5.74) is 6.90. The van der Waals surface area contributed by atoms with Crippen molar-refractivity contribution in [2.24, 2.45) is 5.73 Å². The summed E-state index contributed by atoms with van der Waals surface area (Å²) in [5, 5.41) is 8.10. The summed E-state index contributed by atoms with van der Waals surface area (Å²) in [4.78, 5) is 13.0. The van der Waals surface area contributed by atoms with Crippen LogP contribution in [0.4, 0.5) is 0 Å². The van der Waals surface area contributed by atoms with Gasteiger partial charge in [-0.3, -0.25) is 4.79 Å². The van der Waals surface area contributed by atoms with E-state index >= 15 is 0 Å². The minimum atomic E-state index is -0.361. The Balaban J connectivity index is 2.65. The minimum absolute atomic E-state index is 0.177. The van der Waals surface area contributed by atoms with Crippen LogP contribution in [-0.2, 0) is 24.2 Å². The molecule has 0 aliphatic rings. The molecule has 1 rings (SSSR count). The Morgan fingerprint density at radius 2 is 2.18 bits per heavy atom. The summed E-state index contributed by atoms with van der Waals surface area (Å²) in [7, 11) is 4.08. The van der Waals surface area contributed by atoms with Crippen molar-refractivity contribution in [1.29, 1.82) is 0 Å². The summed E-state index contributed by atoms with van der Waals surface area (Å²) >= 11 is 0. The molecule has 1 heterocycles. The predicted molar refractivity (Wildman–Crippen MR) is 65.5 cm³/mol. The van der Waals surface area contributed by atoms with Crippen LogP contribution in [0, 0.1) is 0 Å². The molecular weight excluding hydrogens is 218 g/mol. The van der Waals surface area contributed by atoms with Crippen LogP contribution in [0.3, 0.4) is 0 Å². The van der Waals surface area contributed by atoms with Crippen molar-refractivity contribution in [1.82, 2.24) is 19.9 Å². The highest BCUT2D eigenvalue weighted by atomic mass is 16.1. The molecule has 0 saturated heterocycles. The third kappa shape index (κ3) is 4.14. The molecule has 0 aliphatic heterocycles. The van der Waals surface area contributed by atoms with E-state index in [9.17, 15) is 4.79 Å². The molecule has 2 N–H and O–H groups in total. The van der Waals surface area contributed by atoms with E-state index in [0.717, 1.165) is 31.6 Å². The van der Waals surface area contributed by atoms with Crippen LogP contribution in [0.25, 0.3) is 0 Å². The van der Waals surface area contributed by atoms with Crippen LogP contribution < -0.4 is 5.73 Å². The van der Waals surface area contributed by atoms with Gasteiger partial charge in [0.05, 0.1) is 17.8 Å². The SMILES string of the molecule is CCc1c(CC(N)=O)nnn1CCCN(C)C. The van der Waals surface area contributed by atoms with Crippen LogP contribution >= 0.6 is 0 Å². The second-order valence-corrected chi connectivity index (χ2v) is 4.36. The van der Waals surface area contributed by atoms with E-state index in [1.54, 1.807) is 0 Å². The van der Waals surface area contributed by atoms with E-state index in [4.69, 9.17) is 5.73 Å². The van der Waals surface area contributed by atoms with Gasteiger partial charge in [0, 0.05) is 6.54 Å². The first-order valence-corrected chi connectivity index (χ1v) is 5.88. The van der Waals surface area contributed by atoms with Gasteiger partial charge in [0.1, 0.15) is 0 Å². The number of carbonyl (C=O) groups is 1. The number of hydrogen-bond donors (Lipinski definition) is 1. The highest BCUT2D eigenvalue weighted by Crippen LogP contribution is 2.08. The molecule has 1 amide bonds. The lowest BCUT2D eigenvalue weighted by molar-refractivity contribution is -0.117. The quantitative estimate of drug-likeness (QED) is 0.716. The van der Waals surface area contributed by atoms with Gasteiger partial charge in [-0.2, -0.15) is 0 Å². The molecule has 0 radical (unpaired) electrons. The van der Waals surface area contributed by atoms with Crippen LogP contribution in [0.2, 0.25) is 0 Å². The van der Waals surface area contributed by atoms with Crippen molar-refractivity contribution >= 4 is 5.91 Å². The maximum absolute atomic E-state index is 10.9. The average Bonchev–Trinajstić information content (AvgIpc) is 2.59. The minimum Gasteiger partial charge on any atom is -0.369 e. The molecule has 1 aromatic rings. The lowest BCUT2D eigenvalue weighted by atomic mass is 10.2. The van der Waals surface area contributed by atoms with Crippen molar-refractivity contribution < 1.29 is 4.79 Å². The van der Waals surface area contributed by atoms with Crippen molar-refractivity contribution in [3.8, 4) is 0 Å². The molecule has 0 unspecified atom stereocenters. The van der Waals surface area contributed by atoms with E-state index < -0.39 is 0 Å². The fourth-order valence-corrected chi connectivity index (χ4v) is 1.77. The topological polar surface area (TPSA) is 77.0 Å². The number of rotatable bonds is 7. The highest BCUT2D eigenvalue weighted by molar-refractivity contribution is 5.76. The first-order chi connectivity index (χ1) is 8.04. The van der Waals surface area contributed by atoms with Gasteiger partial charge in [0.15, 0.2) is 0 Å². The summed E-state index contributed by atoms with van der Waals surface area (Å²) < 4.78 is 1.88. The van der Waals surface area contributed by atoms with E-state index in [1.165, 1.54) is 0 Å². The van der Waals surface area contributed by atoms with Gasteiger partial charge in [-0.05, 0) is 33.5 Å². The zero-order valence-corrected chi connectivity index (χ0v) is 10.8. The van der Waals surface area contributed by atoms with Crippen LogP contribution in [0.5, 0.6) is 0 Å². The molecule has 0 atom stereocenters. The lowest BCUT2D eigenvalue weighted by Crippen LogP contribution is -2.17. The Kier molecular flexibility index (Phi) is 5.09. The van der Waals surface area contributed by atoms with Crippen LogP contribution in [0.1, 0.15) is 24.7 Å². The normalized spacial score (nSPS) is 11.1. The van der Waals surface area contributed by atoms with Gasteiger partial charge in [-0.15, -0.1) is 5.10 Å².